The van der Waals surface area contributed by atoms with Gasteiger partial charge in [0.25, 0.3) is 0 Å². The summed E-state index contributed by atoms with van der Waals surface area (Å²) in [6, 6.07) is 9.07. The van der Waals surface area contributed by atoms with Crippen LogP contribution in [0.3, 0.4) is 0 Å². The van der Waals surface area contributed by atoms with Crippen molar-refractivity contribution in [2.75, 3.05) is 17.2 Å². The van der Waals surface area contributed by atoms with Crippen molar-refractivity contribution < 1.29 is 27.9 Å². The molecule has 3 rings (SSSR count). The van der Waals surface area contributed by atoms with Gasteiger partial charge in [0.1, 0.15) is 11.3 Å². The van der Waals surface area contributed by atoms with Gasteiger partial charge in [0.2, 0.25) is 10.0 Å². The van der Waals surface area contributed by atoms with E-state index in [1.165, 1.54) is 22.5 Å². The fourth-order valence-corrected chi connectivity index (χ4v) is 4.65. The molecule has 0 bridgehead atoms. The number of phenols is 1. The Hall–Kier alpha value is -2.87. The maximum atomic E-state index is 12.4. The van der Waals surface area contributed by atoms with Gasteiger partial charge < -0.3 is 9.84 Å². The molecule has 1 N–H and O–H groups in total. The third kappa shape index (κ3) is 3.87. The highest BCUT2D eigenvalue weighted by Crippen LogP contribution is 2.34. The predicted octanol–water partition coefficient (Wildman–Crippen LogP) is 2.45. The van der Waals surface area contributed by atoms with Crippen molar-refractivity contribution in [3.8, 4) is 5.75 Å². The summed E-state index contributed by atoms with van der Waals surface area (Å²) in [5.41, 5.74) is 2.44. The zero-order valence-electron chi connectivity index (χ0n) is 15.8. The van der Waals surface area contributed by atoms with Crippen LogP contribution in [-0.2, 0) is 21.2 Å². The molecule has 2 aromatic rings. The second-order valence-electron chi connectivity index (χ2n) is 6.98. The number of anilines is 1. The first-order valence-electron chi connectivity index (χ1n) is 8.70. The molecule has 0 radical (unpaired) electrons. The van der Waals surface area contributed by atoms with Crippen LogP contribution >= 0.6 is 0 Å². The normalized spacial score (nSPS) is 16.0. The molecule has 0 saturated carbocycles. The fourth-order valence-electron chi connectivity index (χ4n) is 3.39. The van der Waals surface area contributed by atoms with Crippen molar-refractivity contribution in [3.63, 3.8) is 0 Å². The number of hydrogen-bond acceptors (Lipinski definition) is 6. The van der Waals surface area contributed by atoms with Crippen LogP contribution in [0.5, 0.6) is 5.75 Å². The smallest absolute Gasteiger partial charge is 0.342 e. The third-order valence-corrected chi connectivity index (χ3v) is 5.89. The molecule has 28 heavy (non-hydrogen) atoms. The van der Waals surface area contributed by atoms with Crippen molar-refractivity contribution >= 4 is 27.5 Å². The number of ether oxygens (including phenoxy) is 1. The predicted molar refractivity (Wildman–Crippen MR) is 104 cm³/mol. The van der Waals surface area contributed by atoms with E-state index in [1.54, 1.807) is 32.0 Å². The average molecular weight is 403 g/mol. The van der Waals surface area contributed by atoms with Crippen LogP contribution in [0.2, 0.25) is 0 Å². The lowest BCUT2D eigenvalue weighted by Gasteiger charge is -2.21. The molecular weight excluding hydrogens is 382 g/mol. The Morgan fingerprint density at radius 1 is 1.21 bits per heavy atom. The Labute approximate surface area is 163 Å². The first-order chi connectivity index (χ1) is 13.1. The highest BCUT2D eigenvalue weighted by atomic mass is 32.2. The summed E-state index contributed by atoms with van der Waals surface area (Å²) in [5, 5.41) is 9.83. The zero-order chi connectivity index (χ0) is 20.6. The van der Waals surface area contributed by atoms with E-state index in [0.717, 1.165) is 17.4 Å². The number of fused-ring (bicyclic) bond motifs is 1. The van der Waals surface area contributed by atoms with E-state index < -0.39 is 28.4 Å². The maximum absolute atomic E-state index is 12.4. The molecule has 1 aliphatic rings. The summed E-state index contributed by atoms with van der Waals surface area (Å²) in [4.78, 5) is 24.5. The number of rotatable bonds is 5. The van der Waals surface area contributed by atoms with Crippen LogP contribution in [-0.4, -0.2) is 44.2 Å². The van der Waals surface area contributed by atoms with Gasteiger partial charge in [0.05, 0.1) is 11.9 Å². The van der Waals surface area contributed by atoms with Gasteiger partial charge in [-0.3, -0.25) is 9.10 Å². The number of ketones is 1. The van der Waals surface area contributed by atoms with Gasteiger partial charge in [-0.1, -0.05) is 6.07 Å². The molecule has 1 aliphatic heterocycles. The molecule has 148 valence electrons. The zero-order valence-corrected chi connectivity index (χ0v) is 16.6. The molecule has 7 nitrogen and oxygen atoms in total. The summed E-state index contributed by atoms with van der Waals surface area (Å²) >= 11 is 0. The first-order valence-corrected chi connectivity index (χ1v) is 10.5. The Morgan fingerprint density at radius 2 is 1.93 bits per heavy atom. The minimum Gasteiger partial charge on any atom is -0.507 e. The number of aryl methyl sites for hydroxylation is 1. The highest BCUT2D eigenvalue weighted by molar-refractivity contribution is 7.92. The summed E-state index contributed by atoms with van der Waals surface area (Å²) in [6.45, 7) is 3.10. The summed E-state index contributed by atoms with van der Waals surface area (Å²) in [6.07, 6.45) is 1.65. The number of carbonyl (C=O) groups is 2. The first kappa shape index (κ1) is 19.9. The van der Waals surface area contributed by atoms with Crippen molar-refractivity contribution in [3.05, 3.63) is 58.7 Å². The number of benzene rings is 2. The molecule has 0 saturated heterocycles. The maximum Gasteiger partial charge on any atom is 0.342 e. The van der Waals surface area contributed by atoms with Crippen LogP contribution < -0.4 is 4.31 Å². The van der Waals surface area contributed by atoms with Crippen LogP contribution in [0.1, 0.15) is 38.8 Å². The third-order valence-electron chi connectivity index (χ3n) is 4.62. The van der Waals surface area contributed by atoms with E-state index in [0.29, 0.717) is 17.7 Å². The van der Waals surface area contributed by atoms with Crippen LogP contribution in [0, 0.1) is 6.92 Å². The van der Waals surface area contributed by atoms with Crippen molar-refractivity contribution in [1.82, 2.24) is 0 Å². The number of Topliss-reactive ketones (excluding diaryl/α,β-unsaturated/α-hetero) is 1. The number of nitrogens with zero attached hydrogens (tertiary/aromatic N) is 1. The minimum atomic E-state index is -3.40. The van der Waals surface area contributed by atoms with Gasteiger partial charge in [0, 0.05) is 11.6 Å². The monoisotopic (exact) mass is 403 g/mol. The van der Waals surface area contributed by atoms with Crippen LogP contribution in [0.25, 0.3) is 0 Å². The van der Waals surface area contributed by atoms with Crippen molar-refractivity contribution in [2.45, 2.75) is 26.3 Å². The molecule has 2 aromatic carbocycles. The molecule has 0 amide bonds. The number of sulfonamides is 1. The molecule has 0 unspecified atom stereocenters. The van der Waals surface area contributed by atoms with E-state index in [2.05, 4.69) is 0 Å². The van der Waals surface area contributed by atoms with Gasteiger partial charge in [0.15, 0.2) is 12.4 Å². The van der Waals surface area contributed by atoms with Crippen LogP contribution in [0.15, 0.2) is 36.4 Å². The average Bonchev–Trinajstić information content (AvgIpc) is 2.94. The quantitative estimate of drug-likeness (QED) is 0.608. The molecule has 8 heteroatoms. The lowest BCUT2D eigenvalue weighted by Crippen LogP contribution is -2.34. The van der Waals surface area contributed by atoms with E-state index in [1.807, 2.05) is 0 Å². The van der Waals surface area contributed by atoms with E-state index in [-0.39, 0.29) is 17.4 Å². The molecule has 0 aromatic heterocycles. The van der Waals surface area contributed by atoms with Crippen molar-refractivity contribution in [2.24, 2.45) is 0 Å². The van der Waals surface area contributed by atoms with Gasteiger partial charge >= 0.3 is 5.97 Å². The Kier molecular flexibility index (Phi) is 5.16. The minimum absolute atomic E-state index is 0.00928. The van der Waals surface area contributed by atoms with Gasteiger partial charge in [-0.15, -0.1) is 0 Å². The second-order valence-corrected chi connectivity index (χ2v) is 8.83. The van der Waals surface area contributed by atoms with Gasteiger partial charge in [-0.2, -0.15) is 0 Å². The lowest BCUT2D eigenvalue weighted by atomic mass is 10.0. The molecule has 0 fully saturated rings. The Morgan fingerprint density at radius 3 is 2.57 bits per heavy atom. The fraction of sp³-hybridized carbons (Fsp3) is 0.300. The molecule has 0 aliphatic carbocycles. The van der Waals surface area contributed by atoms with E-state index >= 15 is 0 Å². The Balaban J connectivity index is 1.72. The number of phenolic OH excluding ortho intramolecular Hbond substituents is 1. The topological polar surface area (TPSA) is 101 Å². The SMILES string of the molecule is Cc1ccc(C(=O)OCC(=O)c2ccc3c(c2)C[C@H](C)N3S(C)(=O)=O)c(O)c1. The lowest BCUT2D eigenvalue weighted by molar-refractivity contribution is 0.0472. The number of hydrogen-bond donors (Lipinski definition) is 1. The van der Waals surface area contributed by atoms with Gasteiger partial charge in [-0.05, 0) is 61.7 Å². The number of carbonyl (C=O) groups excluding carboxylic acids is 2. The standard InChI is InChI=1S/C20H21NO6S/c1-12-4-6-16(18(22)8-12)20(24)27-11-19(23)14-5-7-17-15(10-14)9-13(2)21(17)28(3,25)26/h4-8,10,13,22H,9,11H2,1-3H3/t13-/m0/s1. The molecular formula is C20H21NO6S. The van der Waals surface area contributed by atoms with E-state index in [4.69, 9.17) is 4.74 Å². The molecule has 1 heterocycles. The molecule has 0 spiro atoms. The Bertz CT molecular complexity index is 1060. The summed E-state index contributed by atoms with van der Waals surface area (Å²) < 4.78 is 30.3. The largest absolute Gasteiger partial charge is 0.507 e. The second kappa shape index (κ2) is 7.27. The number of aromatic hydroxyl groups is 1. The van der Waals surface area contributed by atoms with Gasteiger partial charge in [-0.25, -0.2) is 13.2 Å². The summed E-state index contributed by atoms with van der Waals surface area (Å²) in [7, 11) is -3.40. The molecule has 1 atom stereocenters. The van der Waals surface area contributed by atoms with E-state index in [9.17, 15) is 23.1 Å². The van der Waals surface area contributed by atoms with Crippen molar-refractivity contribution in [1.29, 1.82) is 0 Å². The van der Waals surface area contributed by atoms with Crippen LogP contribution in [0.4, 0.5) is 5.69 Å². The highest BCUT2D eigenvalue weighted by Gasteiger charge is 2.32. The number of esters is 1. The summed E-state index contributed by atoms with van der Waals surface area (Å²) in [5.74, 6) is -1.40.